The Morgan fingerprint density at radius 3 is 2.37 bits per heavy atom. The first-order valence-electron chi connectivity index (χ1n) is 11.2. The molecule has 3 rings (SSSR count). The molecular weight excluding hydrogens is 380 g/mol. The lowest BCUT2D eigenvalue weighted by Crippen LogP contribution is -2.61. The molecule has 2 aliphatic rings. The summed E-state index contributed by atoms with van der Waals surface area (Å²) in [6.07, 6.45) is 5.84. The van der Waals surface area contributed by atoms with Gasteiger partial charge in [0.25, 0.3) is 0 Å². The van der Waals surface area contributed by atoms with E-state index in [4.69, 9.17) is 4.74 Å². The van der Waals surface area contributed by atoms with Gasteiger partial charge in [0.15, 0.2) is 0 Å². The second-order valence-electron chi connectivity index (χ2n) is 8.79. The van der Waals surface area contributed by atoms with E-state index in [0.717, 1.165) is 39.1 Å². The van der Waals surface area contributed by atoms with E-state index >= 15 is 0 Å². The number of nitrogens with zero attached hydrogens (tertiary/aromatic N) is 1. The largest absolute Gasteiger partial charge is 0.379 e. The van der Waals surface area contributed by atoms with Gasteiger partial charge >= 0.3 is 6.03 Å². The predicted molar refractivity (Wildman–Crippen MR) is 118 cm³/mol. The highest BCUT2D eigenvalue weighted by Gasteiger charge is 2.39. The number of morpholine rings is 1. The number of benzene rings is 1. The first-order valence-corrected chi connectivity index (χ1v) is 11.2. The van der Waals surface area contributed by atoms with Crippen molar-refractivity contribution in [1.82, 2.24) is 15.5 Å². The van der Waals surface area contributed by atoms with Crippen molar-refractivity contribution in [1.29, 1.82) is 0 Å². The average Bonchev–Trinajstić information content (AvgIpc) is 2.77. The van der Waals surface area contributed by atoms with Gasteiger partial charge < -0.3 is 20.7 Å². The van der Waals surface area contributed by atoms with Crippen LogP contribution in [0.4, 0.5) is 10.5 Å². The second kappa shape index (κ2) is 10.8. The number of amides is 3. The highest BCUT2D eigenvalue weighted by atomic mass is 16.5. The van der Waals surface area contributed by atoms with Crippen molar-refractivity contribution in [3.8, 4) is 0 Å². The molecule has 3 amide bonds. The van der Waals surface area contributed by atoms with Crippen molar-refractivity contribution in [2.45, 2.75) is 57.5 Å². The van der Waals surface area contributed by atoms with Crippen LogP contribution in [0.1, 0.15) is 46.0 Å². The van der Waals surface area contributed by atoms with Crippen LogP contribution in [0, 0.1) is 5.92 Å². The Morgan fingerprint density at radius 1 is 1.07 bits per heavy atom. The zero-order valence-electron chi connectivity index (χ0n) is 18.3. The summed E-state index contributed by atoms with van der Waals surface area (Å²) in [6.45, 7) is 7.87. The van der Waals surface area contributed by atoms with Crippen molar-refractivity contribution in [3.05, 3.63) is 30.3 Å². The predicted octanol–water partition coefficient (Wildman–Crippen LogP) is 2.98. The Bertz CT molecular complexity index is 683. The zero-order valence-corrected chi connectivity index (χ0v) is 18.3. The third-order valence-corrected chi connectivity index (χ3v) is 6.33. The van der Waals surface area contributed by atoms with Crippen LogP contribution in [-0.4, -0.2) is 61.3 Å². The van der Waals surface area contributed by atoms with Crippen LogP contribution in [0.25, 0.3) is 0 Å². The Hall–Kier alpha value is -2.12. The molecule has 0 radical (unpaired) electrons. The van der Waals surface area contributed by atoms with Gasteiger partial charge in [-0.05, 0) is 30.9 Å². The van der Waals surface area contributed by atoms with E-state index in [1.54, 1.807) is 0 Å². The van der Waals surface area contributed by atoms with Crippen LogP contribution in [0.3, 0.4) is 0 Å². The molecule has 1 saturated carbocycles. The van der Waals surface area contributed by atoms with Crippen molar-refractivity contribution >= 4 is 17.6 Å². The molecule has 0 bridgehead atoms. The molecule has 30 heavy (non-hydrogen) atoms. The van der Waals surface area contributed by atoms with Crippen molar-refractivity contribution in [3.63, 3.8) is 0 Å². The molecule has 1 saturated heterocycles. The Labute approximate surface area is 179 Å². The van der Waals surface area contributed by atoms with E-state index < -0.39 is 6.04 Å². The fourth-order valence-corrected chi connectivity index (χ4v) is 4.58. The molecule has 1 atom stereocenters. The van der Waals surface area contributed by atoms with Crippen molar-refractivity contribution in [2.24, 2.45) is 5.92 Å². The minimum Gasteiger partial charge on any atom is -0.379 e. The van der Waals surface area contributed by atoms with Crippen LogP contribution in [-0.2, 0) is 9.53 Å². The molecular formula is C23H36N4O3. The molecule has 1 unspecified atom stereocenters. The molecule has 1 aromatic rings. The molecule has 1 heterocycles. The number of rotatable bonds is 7. The third kappa shape index (κ3) is 5.95. The van der Waals surface area contributed by atoms with Gasteiger partial charge in [-0.25, -0.2) is 4.79 Å². The first-order chi connectivity index (χ1) is 14.5. The summed E-state index contributed by atoms with van der Waals surface area (Å²) in [5.74, 6) is -0.136. The summed E-state index contributed by atoms with van der Waals surface area (Å²) < 4.78 is 5.54. The third-order valence-electron chi connectivity index (χ3n) is 6.33. The summed E-state index contributed by atoms with van der Waals surface area (Å²) in [7, 11) is 0. The van der Waals surface area contributed by atoms with Gasteiger partial charge in [-0.3, -0.25) is 9.69 Å². The van der Waals surface area contributed by atoms with Crippen LogP contribution in [0.5, 0.6) is 0 Å². The van der Waals surface area contributed by atoms with E-state index in [9.17, 15) is 9.59 Å². The molecule has 2 fully saturated rings. The average molecular weight is 417 g/mol. The maximum absolute atomic E-state index is 13.0. The fraction of sp³-hybridized carbons (Fsp3) is 0.652. The van der Waals surface area contributed by atoms with E-state index in [0.29, 0.717) is 12.2 Å². The van der Waals surface area contributed by atoms with Gasteiger partial charge in [-0.15, -0.1) is 0 Å². The highest BCUT2D eigenvalue weighted by Crippen LogP contribution is 2.34. The molecule has 166 valence electrons. The molecule has 1 aliphatic carbocycles. The van der Waals surface area contributed by atoms with Crippen LogP contribution < -0.4 is 16.0 Å². The number of nitrogens with one attached hydrogen (secondary N) is 3. The summed E-state index contributed by atoms with van der Waals surface area (Å²) in [5, 5.41) is 8.82. The molecule has 7 nitrogen and oxygen atoms in total. The van der Waals surface area contributed by atoms with Gasteiger partial charge in [-0.1, -0.05) is 51.3 Å². The Morgan fingerprint density at radius 2 is 1.73 bits per heavy atom. The van der Waals surface area contributed by atoms with Gasteiger partial charge in [0.05, 0.1) is 13.2 Å². The molecule has 7 heteroatoms. The minimum atomic E-state index is -0.584. The zero-order chi connectivity index (χ0) is 21.4. The van der Waals surface area contributed by atoms with Gasteiger partial charge in [0, 0.05) is 30.9 Å². The molecule has 0 aromatic heterocycles. The Kier molecular flexibility index (Phi) is 8.10. The SMILES string of the molecule is CC(C)C(NC(=O)Nc1ccccc1)C(=O)NCC1(N2CCOCC2)CCCCC1. The smallest absolute Gasteiger partial charge is 0.319 e. The summed E-state index contributed by atoms with van der Waals surface area (Å²) in [6, 6.07) is 8.30. The van der Waals surface area contributed by atoms with Crippen LogP contribution in [0.2, 0.25) is 0 Å². The van der Waals surface area contributed by atoms with Crippen molar-refractivity contribution in [2.75, 3.05) is 38.2 Å². The van der Waals surface area contributed by atoms with Crippen LogP contribution in [0.15, 0.2) is 30.3 Å². The monoisotopic (exact) mass is 416 g/mol. The van der Waals surface area contributed by atoms with Gasteiger partial charge in [0.2, 0.25) is 5.91 Å². The standard InChI is InChI=1S/C23H36N4O3/c1-18(2)20(26-22(29)25-19-9-5-3-6-10-19)21(28)24-17-23(11-7-4-8-12-23)27-13-15-30-16-14-27/h3,5-6,9-10,18,20H,4,7-8,11-17H2,1-2H3,(H,24,28)(H2,25,26,29). The van der Waals surface area contributed by atoms with Crippen molar-refractivity contribution < 1.29 is 14.3 Å². The fourth-order valence-electron chi connectivity index (χ4n) is 4.58. The summed E-state index contributed by atoms with van der Waals surface area (Å²) in [5.41, 5.74) is 0.706. The number of ether oxygens (including phenoxy) is 1. The quantitative estimate of drug-likeness (QED) is 0.638. The summed E-state index contributed by atoms with van der Waals surface area (Å²) in [4.78, 5) is 28.0. The number of hydrogen-bond donors (Lipinski definition) is 3. The van der Waals surface area contributed by atoms with E-state index in [1.165, 1.54) is 19.3 Å². The number of anilines is 1. The lowest BCUT2D eigenvalue weighted by Gasteiger charge is -2.48. The topological polar surface area (TPSA) is 82.7 Å². The Balaban J connectivity index is 1.59. The molecule has 3 N–H and O–H groups in total. The van der Waals surface area contributed by atoms with Gasteiger partial charge in [-0.2, -0.15) is 0 Å². The highest BCUT2D eigenvalue weighted by molar-refractivity contribution is 5.93. The van der Waals surface area contributed by atoms with Gasteiger partial charge in [0.1, 0.15) is 6.04 Å². The first kappa shape index (κ1) is 22.6. The van der Waals surface area contributed by atoms with E-state index in [1.807, 2.05) is 44.2 Å². The summed E-state index contributed by atoms with van der Waals surface area (Å²) >= 11 is 0. The second-order valence-corrected chi connectivity index (χ2v) is 8.79. The number of hydrogen-bond acceptors (Lipinski definition) is 4. The van der Waals surface area contributed by atoms with E-state index in [-0.39, 0.29) is 23.4 Å². The number of carbonyl (C=O) groups excluding carboxylic acids is 2. The number of carbonyl (C=O) groups is 2. The lowest BCUT2D eigenvalue weighted by molar-refractivity contribution is -0.125. The van der Waals surface area contributed by atoms with E-state index in [2.05, 4.69) is 20.9 Å². The molecule has 0 spiro atoms. The number of urea groups is 1. The normalized spacial score (nSPS) is 20.4. The minimum absolute atomic E-state index is 0.00547. The lowest BCUT2D eigenvalue weighted by atomic mass is 9.79. The molecule has 1 aliphatic heterocycles. The maximum Gasteiger partial charge on any atom is 0.319 e. The number of para-hydroxylation sites is 1. The van der Waals surface area contributed by atoms with Crippen LogP contribution >= 0.6 is 0 Å². The molecule has 1 aromatic carbocycles. The maximum atomic E-state index is 13.0.